The van der Waals surface area contributed by atoms with Crippen LogP contribution in [0, 0.1) is 5.92 Å². The highest BCUT2D eigenvalue weighted by Gasteiger charge is 2.28. The number of benzene rings is 2. The molecule has 2 amide bonds. The molecule has 2 aromatic carbocycles. The molecule has 2 aromatic rings. The van der Waals surface area contributed by atoms with Gasteiger partial charge in [-0.3, -0.25) is 9.59 Å². The Kier molecular flexibility index (Phi) is 8.46. The summed E-state index contributed by atoms with van der Waals surface area (Å²) in [6.45, 7) is 2.56. The number of aliphatic carboxylic acids is 1. The summed E-state index contributed by atoms with van der Waals surface area (Å²) in [6.07, 6.45) is 2.16. The Labute approximate surface area is 194 Å². The number of carbonyl (C=O) groups excluding carboxylic acids is 2. The summed E-state index contributed by atoms with van der Waals surface area (Å²) in [6, 6.07) is 16.4. The topological polar surface area (TPSA) is 95.9 Å². The van der Waals surface area contributed by atoms with Crippen molar-refractivity contribution in [3.8, 4) is 11.1 Å². The van der Waals surface area contributed by atoms with E-state index in [1.807, 2.05) is 24.3 Å². The molecule has 3 rings (SSSR count). The molecule has 0 aliphatic heterocycles. The van der Waals surface area contributed by atoms with Gasteiger partial charge in [0, 0.05) is 32.5 Å². The van der Waals surface area contributed by atoms with E-state index in [0.717, 1.165) is 12.8 Å². The average molecular weight is 453 g/mol. The Morgan fingerprint density at radius 3 is 2.21 bits per heavy atom. The molecule has 0 saturated heterocycles. The van der Waals surface area contributed by atoms with E-state index in [0.29, 0.717) is 19.4 Å². The van der Waals surface area contributed by atoms with Gasteiger partial charge in [-0.05, 0) is 35.1 Å². The van der Waals surface area contributed by atoms with Crippen molar-refractivity contribution < 1.29 is 24.2 Å². The smallest absolute Gasteiger partial charge is 0.407 e. The summed E-state index contributed by atoms with van der Waals surface area (Å²) < 4.78 is 5.51. The number of nitrogens with zero attached hydrogens (tertiary/aromatic N) is 1. The lowest BCUT2D eigenvalue weighted by Gasteiger charge is -2.19. The third kappa shape index (κ3) is 6.34. The lowest BCUT2D eigenvalue weighted by Crippen LogP contribution is -2.33. The molecule has 0 heterocycles. The second kappa shape index (κ2) is 11.5. The maximum absolute atomic E-state index is 12.2. The van der Waals surface area contributed by atoms with Gasteiger partial charge in [-0.15, -0.1) is 0 Å². The van der Waals surface area contributed by atoms with Crippen molar-refractivity contribution >= 4 is 18.0 Å². The van der Waals surface area contributed by atoms with Crippen LogP contribution in [-0.4, -0.2) is 54.7 Å². The molecule has 0 fully saturated rings. The van der Waals surface area contributed by atoms with Crippen LogP contribution in [0.25, 0.3) is 11.1 Å². The molecule has 0 aromatic heterocycles. The number of hydrogen-bond donors (Lipinski definition) is 2. The van der Waals surface area contributed by atoms with Crippen LogP contribution in [0.5, 0.6) is 0 Å². The fraction of sp³-hybridized carbons (Fsp3) is 0.423. The van der Waals surface area contributed by atoms with E-state index in [2.05, 4.69) is 29.6 Å². The number of alkyl carbamates (subject to hydrolysis) is 1. The van der Waals surface area contributed by atoms with Gasteiger partial charge < -0.3 is 20.1 Å². The van der Waals surface area contributed by atoms with E-state index in [-0.39, 0.29) is 25.0 Å². The van der Waals surface area contributed by atoms with Gasteiger partial charge in [0.15, 0.2) is 0 Å². The summed E-state index contributed by atoms with van der Waals surface area (Å²) in [4.78, 5) is 36.6. The van der Waals surface area contributed by atoms with Crippen LogP contribution in [0.3, 0.4) is 0 Å². The standard InChI is InChI=1S/C26H32N2O5/c1-18(25(30)31)16-28(2)24(29)14-4-3-9-15-27-26(32)33-17-23-21-12-7-5-10-19(21)20-11-6-8-13-22(20)23/h5-8,10-13,18,23H,3-4,9,14-17H2,1-2H3,(H,27,32)(H,30,31). The van der Waals surface area contributed by atoms with Crippen molar-refractivity contribution in [1.82, 2.24) is 10.2 Å². The van der Waals surface area contributed by atoms with E-state index in [4.69, 9.17) is 9.84 Å². The second-order valence-corrected chi connectivity index (χ2v) is 8.58. The molecule has 176 valence electrons. The number of hydrogen-bond acceptors (Lipinski definition) is 4. The van der Waals surface area contributed by atoms with Crippen molar-refractivity contribution in [3.05, 3.63) is 59.7 Å². The number of unbranched alkanes of at least 4 members (excludes halogenated alkanes) is 2. The molecule has 1 unspecified atom stereocenters. The average Bonchev–Trinajstić information content (AvgIpc) is 3.13. The predicted molar refractivity (Wildman–Crippen MR) is 126 cm³/mol. The van der Waals surface area contributed by atoms with Gasteiger partial charge in [-0.25, -0.2) is 4.79 Å². The predicted octanol–water partition coefficient (Wildman–Crippen LogP) is 4.26. The van der Waals surface area contributed by atoms with Crippen LogP contribution in [-0.2, 0) is 14.3 Å². The van der Waals surface area contributed by atoms with Crippen LogP contribution in [0.1, 0.15) is 49.7 Å². The van der Waals surface area contributed by atoms with Crippen LogP contribution in [0.2, 0.25) is 0 Å². The van der Waals surface area contributed by atoms with Crippen molar-refractivity contribution in [3.63, 3.8) is 0 Å². The molecule has 1 aliphatic carbocycles. The SMILES string of the molecule is CC(CN(C)C(=O)CCCCCNC(=O)OCC1c2ccccc2-c2ccccc21)C(=O)O. The molecule has 33 heavy (non-hydrogen) atoms. The van der Waals surface area contributed by atoms with E-state index < -0.39 is 18.0 Å². The number of nitrogens with one attached hydrogen (secondary N) is 1. The fourth-order valence-corrected chi connectivity index (χ4v) is 4.20. The lowest BCUT2D eigenvalue weighted by atomic mass is 9.98. The largest absolute Gasteiger partial charge is 0.481 e. The molecule has 0 spiro atoms. The summed E-state index contributed by atoms with van der Waals surface area (Å²) in [5.74, 6) is -1.52. The number of rotatable bonds is 11. The molecule has 0 saturated carbocycles. The monoisotopic (exact) mass is 452 g/mol. The molecule has 7 nitrogen and oxygen atoms in total. The minimum atomic E-state index is -0.908. The second-order valence-electron chi connectivity index (χ2n) is 8.58. The minimum Gasteiger partial charge on any atom is -0.481 e. The number of amides is 2. The van der Waals surface area contributed by atoms with Gasteiger partial charge in [0.25, 0.3) is 0 Å². The molecular weight excluding hydrogens is 420 g/mol. The van der Waals surface area contributed by atoms with Crippen LogP contribution in [0.15, 0.2) is 48.5 Å². The third-order valence-corrected chi connectivity index (χ3v) is 6.08. The van der Waals surface area contributed by atoms with E-state index in [1.165, 1.54) is 27.2 Å². The minimum absolute atomic E-state index is 0.0370. The molecule has 1 aliphatic rings. The van der Waals surface area contributed by atoms with Crippen LogP contribution >= 0.6 is 0 Å². The van der Waals surface area contributed by atoms with Crippen molar-refractivity contribution in [2.24, 2.45) is 5.92 Å². The quantitative estimate of drug-likeness (QED) is 0.497. The zero-order valence-electron chi connectivity index (χ0n) is 19.3. The highest BCUT2D eigenvalue weighted by molar-refractivity contribution is 5.79. The molecule has 2 N–H and O–H groups in total. The Hall–Kier alpha value is -3.35. The molecule has 1 atom stereocenters. The van der Waals surface area contributed by atoms with Crippen LogP contribution < -0.4 is 5.32 Å². The van der Waals surface area contributed by atoms with E-state index in [9.17, 15) is 14.4 Å². The first-order valence-corrected chi connectivity index (χ1v) is 11.4. The van der Waals surface area contributed by atoms with E-state index in [1.54, 1.807) is 14.0 Å². The number of ether oxygens (including phenoxy) is 1. The molecule has 0 bridgehead atoms. The van der Waals surface area contributed by atoms with Crippen LogP contribution in [0.4, 0.5) is 4.79 Å². The van der Waals surface area contributed by atoms with Crippen molar-refractivity contribution in [1.29, 1.82) is 0 Å². The summed E-state index contributed by atoms with van der Waals surface area (Å²) in [7, 11) is 1.63. The van der Waals surface area contributed by atoms with Gasteiger partial charge in [0.05, 0.1) is 5.92 Å². The lowest BCUT2D eigenvalue weighted by molar-refractivity contribution is -0.142. The first-order valence-electron chi connectivity index (χ1n) is 11.4. The first-order chi connectivity index (χ1) is 15.9. The highest BCUT2D eigenvalue weighted by atomic mass is 16.5. The number of carboxylic acids is 1. The van der Waals surface area contributed by atoms with Gasteiger partial charge in [-0.1, -0.05) is 61.9 Å². The maximum atomic E-state index is 12.2. The Morgan fingerprint density at radius 2 is 1.61 bits per heavy atom. The molecular formula is C26H32N2O5. The Balaban J connectivity index is 1.33. The normalized spacial score (nSPS) is 13.0. The zero-order valence-corrected chi connectivity index (χ0v) is 19.3. The zero-order chi connectivity index (χ0) is 23.8. The Morgan fingerprint density at radius 1 is 1.00 bits per heavy atom. The van der Waals surface area contributed by atoms with Crippen molar-refractivity contribution in [2.75, 3.05) is 26.7 Å². The first kappa shape index (κ1) is 24.3. The maximum Gasteiger partial charge on any atom is 0.407 e. The van der Waals surface area contributed by atoms with E-state index >= 15 is 0 Å². The molecule has 7 heteroatoms. The third-order valence-electron chi connectivity index (χ3n) is 6.08. The molecule has 0 radical (unpaired) electrons. The number of carbonyl (C=O) groups is 3. The van der Waals surface area contributed by atoms with Gasteiger partial charge in [0.1, 0.15) is 6.61 Å². The Bertz CT molecular complexity index is 945. The van der Waals surface area contributed by atoms with Gasteiger partial charge in [-0.2, -0.15) is 0 Å². The number of fused-ring (bicyclic) bond motifs is 3. The fourth-order valence-electron chi connectivity index (χ4n) is 4.20. The van der Waals surface area contributed by atoms with Crippen molar-refractivity contribution in [2.45, 2.75) is 38.5 Å². The van der Waals surface area contributed by atoms with Gasteiger partial charge >= 0.3 is 12.1 Å². The summed E-state index contributed by atoms with van der Waals surface area (Å²) in [5.41, 5.74) is 4.75. The summed E-state index contributed by atoms with van der Waals surface area (Å²) in [5, 5.41) is 11.7. The van der Waals surface area contributed by atoms with Gasteiger partial charge in [0.2, 0.25) is 5.91 Å². The number of carboxylic acid groups (broad SMARTS) is 1. The highest BCUT2D eigenvalue weighted by Crippen LogP contribution is 2.44. The summed E-state index contributed by atoms with van der Waals surface area (Å²) >= 11 is 0.